The van der Waals surface area contributed by atoms with Crippen LogP contribution in [0, 0.1) is 0 Å². The molecule has 0 bridgehead atoms. The van der Waals surface area contributed by atoms with Gasteiger partial charge in [-0.2, -0.15) is 0 Å². The molecule has 0 unspecified atom stereocenters. The highest BCUT2D eigenvalue weighted by Crippen LogP contribution is 2.19. The van der Waals surface area contributed by atoms with Gasteiger partial charge in [-0.05, 0) is 23.3 Å². The number of hydrogen-bond donors (Lipinski definition) is 4. The van der Waals surface area contributed by atoms with Gasteiger partial charge in [0.2, 0.25) is 18.2 Å². The summed E-state index contributed by atoms with van der Waals surface area (Å²) in [5.74, 6) is -0.812. The Hall–Kier alpha value is -2.93. The van der Waals surface area contributed by atoms with Crippen LogP contribution in [0.1, 0.15) is 12.5 Å². The van der Waals surface area contributed by atoms with E-state index in [9.17, 15) is 14.4 Å². The van der Waals surface area contributed by atoms with E-state index in [0.29, 0.717) is 12.8 Å². The Morgan fingerprint density at radius 3 is 2.56 bits per heavy atom. The van der Waals surface area contributed by atoms with Gasteiger partial charge < -0.3 is 21.7 Å². The molecule has 0 aliphatic carbocycles. The molecule has 7 heteroatoms. The average molecular weight is 342 g/mol. The smallest absolute Gasteiger partial charge is 0.244 e. The van der Waals surface area contributed by atoms with E-state index in [2.05, 4.69) is 16.0 Å². The lowest BCUT2D eigenvalue weighted by molar-refractivity contribution is -0.129. The molecule has 2 aromatic rings. The van der Waals surface area contributed by atoms with E-state index in [1.807, 2.05) is 42.5 Å². The third-order valence-corrected chi connectivity index (χ3v) is 3.82. The molecule has 0 spiro atoms. The second-order valence-corrected chi connectivity index (χ2v) is 5.68. The number of carbonyl (C=O) groups excluding carboxylic acids is 3. The maximum atomic E-state index is 12.5. The van der Waals surface area contributed by atoms with Crippen LogP contribution in [-0.4, -0.2) is 37.0 Å². The molecule has 132 valence electrons. The topological polar surface area (TPSA) is 113 Å². The lowest BCUT2D eigenvalue weighted by Crippen LogP contribution is -2.53. The molecule has 2 rings (SSSR count). The van der Waals surface area contributed by atoms with Gasteiger partial charge in [-0.1, -0.05) is 42.5 Å². The van der Waals surface area contributed by atoms with Crippen LogP contribution in [0.2, 0.25) is 0 Å². The molecule has 3 amide bonds. The normalized spacial score (nSPS) is 12.9. The zero-order chi connectivity index (χ0) is 18.2. The van der Waals surface area contributed by atoms with Crippen LogP contribution < -0.4 is 21.7 Å². The Labute approximate surface area is 146 Å². The van der Waals surface area contributed by atoms with Gasteiger partial charge in [0, 0.05) is 6.42 Å². The van der Waals surface area contributed by atoms with Crippen molar-refractivity contribution < 1.29 is 14.4 Å². The van der Waals surface area contributed by atoms with E-state index in [1.165, 1.54) is 0 Å². The van der Waals surface area contributed by atoms with Crippen LogP contribution in [0.3, 0.4) is 0 Å². The summed E-state index contributed by atoms with van der Waals surface area (Å²) in [4.78, 5) is 34.7. The summed E-state index contributed by atoms with van der Waals surface area (Å²) < 4.78 is 0. The van der Waals surface area contributed by atoms with Crippen molar-refractivity contribution in [3.05, 3.63) is 48.0 Å². The van der Waals surface area contributed by atoms with Gasteiger partial charge in [0.1, 0.15) is 6.04 Å². The van der Waals surface area contributed by atoms with Crippen molar-refractivity contribution in [1.82, 2.24) is 16.0 Å². The lowest BCUT2D eigenvalue weighted by Gasteiger charge is -2.21. The van der Waals surface area contributed by atoms with Gasteiger partial charge in [0.25, 0.3) is 0 Å². The Kier molecular flexibility index (Phi) is 6.47. The lowest BCUT2D eigenvalue weighted by atomic mass is 9.98. The van der Waals surface area contributed by atoms with Crippen LogP contribution in [0.25, 0.3) is 10.8 Å². The predicted molar refractivity (Wildman–Crippen MR) is 95.4 cm³/mol. The highest BCUT2D eigenvalue weighted by Gasteiger charge is 2.22. The van der Waals surface area contributed by atoms with Crippen LogP contribution in [-0.2, 0) is 20.8 Å². The second-order valence-electron chi connectivity index (χ2n) is 5.68. The number of nitrogens with one attached hydrogen (secondary N) is 3. The average Bonchev–Trinajstić information content (AvgIpc) is 2.61. The largest absolute Gasteiger partial charge is 0.343 e. The maximum absolute atomic E-state index is 12.5. The number of benzene rings is 2. The number of nitrogens with two attached hydrogens (primary N) is 1. The Balaban J connectivity index is 2.24. The number of hydrogen-bond acceptors (Lipinski definition) is 4. The minimum Gasteiger partial charge on any atom is -0.343 e. The van der Waals surface area contributed by atoms with Gasteiger partial charge in [-0.25, -0.2) is 0 Å². The van der Waals surface area contributed by atoms with Gasteiger partial charge in [-0.3, -0.25) is 14.4 Å². The third-order valence-electron chi connectivity index (χ3n) is 3.82. The summed E-state index contributed by atoms with van der Waals surface area (Å²) in [5, 5.41) is 9.79. The van der Waals surface area contributed by atoms with E-state index < -0.39 is 24.0 Å². The monoisotopic (exact) mass is 342 g/mol. The summed E-state index contributed by atoms with van der Waals surface area (Å²) in [6, 6.07) is 12.9. The highest BCUT2D eigenvalue weighted by molar-refractivity contribution is 5.90. The molecule has 0 fully saturated rings. The fourth-order valence-electron chi connectivity index (χ4n) is 2.61. The highest BCUT2D eigenvalue weighted by atomic mass is 16.2. The first-order valence-corrected chi connectivity index (χ1v) is 8.01. The second kappa shape index (κ2) is 8.79. The van der Waals surface area contributed by atoms with E-state index >= 15 is 0 Å². The fourth-order valence-corrected chi connectivity index (χ4v) is 2.61. The van der Waals surface area contributed by atoms with Gasteiger partial charge >= 0.3 is 0 Å². The van der Waals surface area contributed by atoms with Gasteiger partial charge in [0.05, 0.1) is 12.7 Å². The Morgan fingerprint density at radius 1 is 1.12 bits per heavy atom. The van der Waals surface area contributed by atoms with Crippen molar-refractivity contribution >= 4 is 29.0 Å². The van der Waals surface area contributed by atoms with Crippen molar-refractivity contribution in [2.45, 2.75) is 25.6 Å². The molecular weight excluding hydrogens is 320 g/mol. The molecule has 0 aromatic heterocycles. The number of carbonyl (C=O) groups is 3. The minimum atomic E-state index is -0.794. The molecule has 25 heavy (non-hydrogen) atoms. The molecule has 2 atom stereocenters. The van der Waals surface area contributed by atoms with E-state index in [4.69, 9.17) is 5.73 Å². The molecule has 0 radical (unpaired) electrons. The Bertz CT molecular complexity index is 758. The van der Waals surface area contributed by atoms with Gasteiger partial charge in [-0.15, -0.1) is 0 Å². The molecule has 0 aliphatic heterocycles. The van der Waals surface area contributed by atoms with Crippen LogP contribution in [0.15, 0.2) is 42.5 Å². The van der Waals surface area contributed by atoms with Crippen LogP contribution >= 0.6 is 0 Å². The Morgan fingerprint density at radius 2 is 1.84 bits per heavy atom. The first-order valence-electron chi connectivity index (χ1n) is 8.01. The zero-order valence-electron chi connectivity index (χ0n) is 14.0. The van der Waals surface area contributed by atoms with Gasteiger partial charge in [0.15, 0.2) is 0 Å². The molecular formula is C18H22N4O3. The fraction of sp³-hybridized carbons (Fsp3) is 0.278. The predicted octanol–water partition coefficient (Wildman–Crippen LogP) is 0.0340. The first kappa shape index (κ1) is 18.4. The van der Waals surface area contributed by atoms with Crippen molar-refractivity contribution in [3.63, 3.8) is 0 Å². The molecule has 7 nitrogen and oxygen atoms in total. The summed E-state index contributed by atoms with van der Waals surface area (Å²) in [5.41, 5.74) is 6.29. The third kappa shape index (κ3) is 5.02. The molecule has 0 saturated carbocycles. The number of amides is 3. The summed E-state index contributed by atoms with van der Waals surface area (Å²) >= 11 is 0. The number of rotatable bonds is 8. The number of fused-ring (bicyclic) bond motifs is 1. The van der Waals surface area contributed by atoms with Crippen molar-refractivity contribution in [3.8, 4) is 0 Å². The summed E-state index contributed by atoms with van der Waals surface area (Å²) in [6.45, 7) is 1.42. The van der Waals surface area contributed by atoms with Crippen molar-refractivity contribution in [2.75, 3.05) is 6.54 Å². The molecule has 0 saturated heterocycles. The molecule has 0 heterocycles. The molecule has 5 N–H and O–H groups in total. The minimum absolute atomic E-state index is 0.207. The molecule has 2 aromatic carbocycles. The zero-order valence-corrected chi connectivity index (χ0v) is 14.0. The SMILES string of the molecule is C[C@H](NC=O)NC(=O)[C@@H](Cc1cccc2ccccc12)NC(=O)CN. The maximum Gasteiger partial charge on any atom is 0.244 e. The summed E-state index contributed by atoms with van der Waals surface area (Å²) in [6.07, 6.45) is 0.269. The van der Waals surface area contributed by atoms with Crippen molar-refractivity contribution in [1.29, 1.82) is 0 Å². The van der Waals surface area contributed by atoms with Crippen molar-refractivity contribution in [2.24, 2.45) is 5.73 Å². The van der Waals surface area contributed by atoms with E-state index in [-0.39, 0.29) is 6.54 Å². The van der Waals surface area contributed by atoms with Crippen LogP contribution in [0.5, 0.6) is 0 Å². The summed E-state index contributed by atoms with van der Waals surface area (Å²) in [7, 11) is 0. The first-order chi connectivity index (χ1) is 12.0. The standard InChI is InChI=1S/C18H22N4O3/c1-12(20-11-23)21-18(25)16(22-17(24)10-19)9-14-7-4-6-13-5-2-3-8-15(13)14/h2-8,11-12,16H,9-10,19H2,1H3,(H,20,23)(H,21,25)(H,22,24)/t12-,16-/m1/s1. The quantitative estimate of drug-likeness (QED) is 0.400. The molecule has 0 aliphatic rings. The van der Waals surface area contributed by atoms with E-state index in [0.717, 1.165) is 16.3 Å². The van der Waals surface area contributed by atoms with Crippen LogP contribution in [0.4, 0.5) is 0 Å². The van der Waals surface area contributed by atoms with E-state index in [1.54, 1.807) is 6.92 Å².